The molecular weight excluding hydrogens is 202 g/mol. The number of rotatable bonds is 2. The molecule has 1 unspecified atom stereocenters. The molecular formula is C12H13N3O. The second-order valence-corrected chi connectivity index (χ2v) is 4.14. The zero-order chi connectivity index (χ0) is 11.0. The zero-order valence-electron chi connectivity index (χ0n) is 8.89. The fourth-order valence-electron chi connectivity index (χ4n) is 2.27. The van der Waals surface area contributed by atoms with Crippen LogP contribution in [0.15, 0.2) is 24.5 Å². The van der Waals surface area contributed by atoms with E-state index in [2.05, 4.69) is 14.7 Å². The normalized spacial score (nSPS) is 20.4. The highest BCUT2D eigenvalue weighted by Crippen LogP contribution is 2.22. The third-order valence-electron chi connectivity index (χ3n) is 3.09. The summed E-state index contributed by atoms with van der Waals surface area (Å²) >= 11 is 0. The lowest BCUT2D eigenvalue weighted by atomic mass is 10.2. The second-order valence-electron chi connectivity index (χ2n) is 4.14. The minimum absolute atomic E-state index is 0.351. The Morgan fingerprint density at radius 2 is 2.50 bits per heavy atom. The molecule has 1 saturated heterocycles. The van der Waals surface area contributed by atoms with Gasteiger partial charge in [0.2, 0.25) is 0 Å². The van der Waals surface area contributed by atoms with Gasteiger partial charge in [-0.15, -0.1) is 0 Å². The predicted molar refractivity (Wildman–Crippen MR) is 60.6 cm³/mol. The lowest BCUT2D eigenvalue weighted by Gasteiger charge is -2.08. The van der Waals surface area contributed by atoms with E-state index in [0.29, 0.717) is 11.6 Å². The first-order valence-corrected chi connectivity index (χ1v) is 5.54. The van der Waals surface area contributed by atoms with Gasteiger partial charge in [-0.1, -0.05) is 0 Å². The van der Waals surface area contributed by atoms with E-state index in [1.54, 1.807) is 0 Å². The van der Waals surface area contributed by atoms with Crippen molar-refractivity contribution in [1.82, 2.24) is 14.7 Å². The first-order valence-electron chi connectivity index (χ1n) is 5.54. The molecule has 1 aliphatic heterocycles. The minimum atomic E-state index is 0.351. The van der Waals surface area contributed by atoms with Gasteiger partial charge >= 0.3 is 0 Å². The SMILES string of the molecule is O=Cc1ccn2c(C3CCCN3)ncc2c1. The quantitative estimate of drug-likeness (QED) is 0.773. The highest BCUT2D eigenvalue weighted by molar-refractivity contribution is 5.77. The van der Waals surface area contributed by atoms with Gasteiger partial charge in [0.05, 0.1) is 17.8 Å². The number of fused-ring (bicyclic) bond motifs is 1. The van der Waals surface area contributed by atoms with Gasteiger partial charge in [-0.05, 0) is 31.5 Å². The number of nitrogens with one attached hydrogen (secondary N) is 1. The smallest absolute Gasteiger partial charge is 0.150 e. The van der Waals surface area contributed by atoms with Crippen LogP contribution in [0.2, 0.25) is 0 Å². The summed E-state index contributed by atoms with van der Waals surface area (Å²) in [6.45, 7) is 1.06. The molecule has 2 aromatic rings. The molecule has 0 amide bonds. The third kappa shape index (κ3) is 1.42. The molecule has 0 bridgehead atoms. The molecule has 2 aromatic heterocycles. The number of carbonyl (C=O) groups is 1. The van der Waals surface area contributed by atoms with E-state index in [4.69, 9.17) is 0 Å². The Balaban J connectivity index is 2.09. The molecule has 0 spiro atoms. The maximum atomic E-state index is 10.7. The van der Waals surface area contributed by atoms with Crippen molar-refractivity contribution in [3.8, 4) is 0 Å². The molecule has 4 heteroatoms. The van der Waals surface area contributed by atoms with E-state index < -0.39 is 0 Å². The van der Waals surface area contributed by atoms with E-state index in [9.17, 15) is 4.79 Å². The summed E-state index contributed by atoms with van der Waals surface area (Å²) in [5.74, 6) is 1.05. The van der Waals surface area contributed by atoms with Crippen LogP contribution < -0.4 is 5.32 Å². The number of aromatic nitrogens is 2. The van der Waals surface area contributed by atoms with Crippen molar-refractivity contribution < 1.29 is 4.79 Å². The average molecular weight is 215 g/mol. The molecule has 82 valence electrons. The van der Waals surface area contributed by atoms with Crippen LogP contribution in [0.3, 0.4) is 0 Å². The molecule has 1 fully saturated rings. The van der Waals surface area contributed by atoms with E-state index in [-0.39, 0.29) is 0 Å². The third-order valence-corrected chi connectivity index (χ3v) is 3.09. The topological polar surface area (TPSA) is 46.4 Å². The van der Waals surface area contributed by atoms with Gasteiger partial charge in [-0.3, -0.25) is 4.79 Å². The first-order chi connectivity index (χ1) is 7.88. The summed E-state index contributed by atoms with van der Waals surface area (Å²) in [7, 11) is 0. The van der Waals surface area contributed by atoms with Gasteiger partial charge in [0.25, 0.3) is 0 Å². The minimum Gasteiger partial charge on any atom is -0.307 e. The van der Waals surface area contributed by atoms with Crippen molar-refractivity contribution in [2.75, 3.05) is 6.54 Å². The summed E-state index contributed by atoms with van der Waals surface area (Å²) in [5, 5.41) is 3.43. The van der Waals surface area contributed by atoms with Crippen LogP contribution in [0.1, 0.15) is 35.1 Å². The summed E-state index contributed by atoms with van der Waals surface area (Å²) in [6, 6.07) is 4.03. The van der Waals surface area contributed by atoms with Crippen molar-refractivity contribution in [2.24, 2.45) is 0 Å². The second kappa shape index (κ2) is 3.72. The Bertz CT molecular complexity index is 526. The van der Waals surface area contributed by atoms with Crippen LogP contribution in [0.5, 0.6) is 0 Å². The van der Waals surface area contributed by atoms with Gasteiger partial charge < -0.3 is 9.72 Å². The summed E-state index contributed by atoms with van der Waals surface area (Å²) in [5.41, 5.74) is 1.67. The number of imidazole rings is 1. The molecule has 0 saturated carbocycles. The fourth-order valence-corrected chi connectivity index (χ4v) is 2.27. The van der Waals surface area contributed by atoms with Gasteiger partial charge in [0.1, 0.15) is 12.1 Å². The average Bonchev–Trinajstić information content (AvgIpc) is 2.96. The van der Waals surface area contributed by atoms with Gasteiger partial charge in [-0.25, -0.2) is 4.98 Å². The van der Waals surface area contributed by atoms with E-state index in [1.807, 2.05) is 24.5 Å². The first kappa shape index (κ1) is 9.54. The molecule has 3 heterocycles. The van der Waals surface area contributed by atoms with Crippen LogP contribution in [0.4, 0.5) is 0 Å². The number of nitrogens with zero attached hydrogens (tertiary/aromatic N) is 2. The van der Waals surface area contributed by atoms with Crippen molar-refractivity contribution in [2.45, 2.75) is 18.9 Å². The lowest BCUT2D eigenvalue weighted by molar-refractivity contribution is 0.112. The molecule has 1 aliphatic rings. The van der Waals surface area contributed by atoms with E-state index in [1.165, 1.54) is 6.42 Å². The maximum Gasteiger partial charge on any atom is 0.150 e. The van der Waals surface area contributed by atoms with E-state index >= 15 is 0 Å². The predicted octanol–water partition coefficient (Wildman–Crippen LogP) is 1.57. The molecule has 0 aromatic carbocycles. The van der Waals surface area contributed by atoms with Crippen LogP contribution >= 0.6 is 0 Å². The Labute approximate surface area is 93.3 Å². The van der Waals surface area contributed by atoms with Crippen LogP contribution in [0, 0.1) is 0 Å². The largest absolute Gasteiger partial charge is 0.307 e. The molecule has 1 atom stereocenters. The molecule has 3 rings (SSSR count). The zero-order valence-corrected chi connectivity index (χ0v) is 8.89. The highest BCUT2D eigenvalue weighted by Gasteiger charge is 2.20. The number of pyridine rings is 1. The van der Waals surface area contributed by atoms with Crippen molar-refractivity contribution in [3.63, 3.8) is 0 Å². The number of carbonyl (C=O) groups excluding carboxylic acids is 1. The number of hydrogen-bond acceptors (Lipinski definition) is 3. The Morgan fingerprint density at radius 3 is 3.25 bits per heavy atom. The number of hydrogen-bond donors (Lipinski definition) is 1. The molecule has 0 aliphatic carbocycles. The Kier molecular flexibility index (Phi) is 2.22. The van der Waals surface area contributed by atoms with Gasteiger partial charge in [-0.2, -0.15) is 0 Å². The monoisotopic (exact) mass is 215 g/mol. The summed E-state index contributed by atoms with van der Waals surface area (Å²) in [6.07, 6.45) is 6.94. The van der Waals surface area contributed by atoms with Crippen LogP contribution in [-0.4, -0.2) is 22.2 Å². The standard InChI is InChI=1S/C12H13N3O/c16-8-9-3-5-15-10(6-9)7-14-12(15)11-2-1-4-13-11/h3,5-8,11,13H,1-2,4H2. The molecule has 4 nitrogen and oxygen atoms in total. The Hall–Kier alpha value is -1.68. The van der Waals surface area contributed by atoms with Crippen molar-refractivity contribution in [3.05, 3.63) is 35.9 Å². The fraction of sp³-hybridized carbons (Fsp3) is 0.333. The van der Waals surface area contributed by atoms with Crippen LogP contribution in [-0.2, 0) is 0 Å². The van der Waals surface area contributed by atoms with Gasteiger partial charge in [0, 0.05) is 11.8 Å². The van der Waals surface area contributed by atoms with Crippen molar-refractivity contribution >= 4 is 11.8 Å². The summed E-state index contributed by atoms with van der Waals surface area (Å²) < 4.78 is 2.05. The lowest BCUT2D eigenvalue weighted by Crippen LogP contribution is -2.15. The summed E-state index contributed by atoms with van der Waals surface area (Å²) in [4.78, 5) is 15.1. The van der Waals surface area contributed by atoms with Crippen molar-refractivity contribution in [1.29, 1.82) is 0 Å². The maximum absolute atomic E-state index is 10.7. The van der Waals surface area contributed by atoms with E-state index in [0.717, 1.165) is 30.6 Å². The van der Waals surface area contributed by atoms with Gasteiger partial charge in [0.15, 0.2) is 0 Å². The van der Waals surface area contributed by atoms with Crippen LogP contribution in [0.25, 0.3) is 5.52 Å². The number of aldehydes is 1. The highest BCUT2D eigenvalue weighted by atomic mass is 16.1. The molecule has 1 N–H and O–H groups in total. The Morgan fingerprint density at radius 1 is 1.56 bits per heavy atom. The molecule has 16 heavy (non-hydrogen) atoms. The molecule has 0 radical (unpaired) electrons.